The molecule has 0 saturated carbocycles. The first-order valence-corrected chi connectivity index (χ1v) is 5.91. The predicted octanol–water partition coefficient (Wildman–Crippen LogP) is 0.972. The van der Waals surface area contributed by atoms with Crippen LogP contribution in [-0.4, -0.2) is 29.9 Å². The molecule has 0 saturated heterocycles. The van der Waals surface area contributed by atoms with Crippen LogP contribution >= 0.6 is 0 Å². The molecule has 1 heterocycles. The van der Waals surface area contributed by atoms with E-state index in [1.165, 1.54) is 6.92 Å². The smallest absolute Gasteiger partial charge is 0.289 e. The number of nitrogens with zero attached hydrogens (tertiary/aromatic N) is 1. The lowest BCUT2D eigenvalue weighted by Gasteiger charge is -2.06. The van der Waals surface area contributed by atoms with Crippen molar-refractivity contribution >= 4 is 11.8 Å². The molecule has 0 aliphatic rings. The van der Waals surface area contributed by atoms with E-state index in [0.29, 0.717) is 24.7 Å². The van der Waals surface area contributed by atoms with Crippen LogP contribution in [0.25, 0.3) is 0 Å². The number of aryl methyl sites for hydroxylation is 1. The van der Waals surface area contributed by atoms with Gasteiger partial charge in [0.1, 0.15) is 0 Å². The van der Waals surface area contributed by atoms with Crippen molar-refractivity contribution in [1.29, 1.82) is 0 Å². The van der Waals surface area contributed by atoms with Crippen LogP contribution in [0.1, 0.15) is 48.8 Å². The van der Waals surface area contributed by atoms with E-state index in [1.54, 1.807) is 6.92 Å². The highest BCUT2D eigenvalue weighted by Gasteiger charge is 2.20. The third-order valence-corrected chi connectivity index (χ3v) is 2.30. The Balaban J connectivity index is 2.58. The van der Waals surface area contributed by atoms with E-state index in [4.69, 9.17) is 4.42 Å². The second-order valence-corrected chi connectivity index (χ2v) is 4.34. The van der Waals surface area contributed by atoms with Crippen molar-refractivity contribution in [1.82, 2.24) is 15.6 Å². The zero-order valence-corrected chi connectivity index (χ0v) is 11.2. The predicted molar refractivity (Wildman–Crippen MR) is 66.3 cm³/mol. The maximum atomic E-state index is 11.9. The van der Waals surface area contributed by atoms with Crippen LogP contribution in [0.4, 0.5) is 0 Å². The molecule has 0 aliphatic heterocycles. The highest BCUT2D eigenvalue weighted by Crippen LogP contribution is 2.19. The lowest BCUT2D eigenvalue weighted by molar-refractivity contribution is -0.118. The number of carbonyl (C=O) groups is 2. The zero-order valence-electron chi connectivity index (χ0n) is 11.2. The fourth-order valence-electron chi connectivity index (χ4n) is 1.49. The van der Waals surface area contributed by atoms with Gasteiger partial charge >= 0.3 is 0 Å². The number of hydrogen-bond acceptors (Lipinski definition) is 4. The van der Waals surface area contributed by atoms with E-state index in [-0.39, 0.29) is 23.5 Å². The van der Waals surface area contributed by atoms with Crippen LogP contribution in [0.2, 0.25) is 0 Å². The molecular weight excluding hydrogens is 234 g/mol. The van der Waals surface area contributed by atoms with Gasteiger partial charge in [-0.05, 0) is 5.92 Å². The molecule has 6 heteroatoms. The maximum Gasteiger partial charge on any atom is 0.289 e. The molecule has 0 aliphatic carbocycles. The second kappa shape index (κ2) is 6.18. The number of carbonyl (C=O) groups excluding carboxylic acids is 2. The van der Waals surface area contributed by atoms with Crippen LogP contribution in [0.5, 0.6) is 0 Å². The van der Waals surface area contributed by atoms with E-state index in [2.05, 4.69) is 15.6 Å². The number of hydrogen-bond donors (Lipinski definition) is 2. The normalized spacial score (nSPS) is 10.5. The molecule has 0 bridgehead atoms. The van der Waals surface area contributed by atoms with Crippen LogP contribution in [0, 0.1) is 6.92 Å². The number of aromatic nitrogens is 1. The number of oxazole rings is 1. The Bertz CT molecular complexity index is 438. The lowest BCUT2D eigenvalue weighted by atomic mass is 10.1. The summed E-state index contributed by atoms with van der Waals surface area (Å²) in [5.41, 5.74) is 0.657. The van der Waals surface area contributed by atoms with Crippen molar-refractivity contribution in [2.75, 3.05) is 13.1 Å². The van der Waals surface area contributed by atoms with Crippen molar-refractivity contribution in [3.05, 3.63) is 17.3 Å². The van der Waals surface area contributed by atoms with Crippen LogP contribution in [0.15, 0.2) is 4.42 Å². The summed E-state index contributed by atoms with van der Waals surface area (Å²) in [6.07, 6.45) is 0. The Labute approximate surface area is 106 Å². The van der Waals surface area contributed by atoms with Crippen molar-refractivity contribution in [3.63, 3.8) is 0 Å². The van der Waals surface area contributed by atoms with Crippen LogP contribution in [-0.2, 0) is 4.79 Å². The Morgan fingerprint density at radius 2 is 1.89 bits per heavy atom. The molecule has 0 atom stereocenters. The van der Waals surface area contributed by atoms with Crippen molar-refractivity contribution < 1.29 is 14.0 Å². The molecule has 0 unspecified atom stereocenters. The Kier molecular flexibility index (Phi) is 4.88. The van der Waals surface area contributed by atoms with Gasteiger partial charge in [0.25, 0.3) is 5.91 Å². The summed E-state index contributed by atoms with van der Waals surface area (Å²) in [4.78, 5) is 26.7. The first kappa shape index (κ1) is 14.2. The fraction of sp³-hybridized carbons (Fsp3) is 0.583. The topological polar surface area (TPSA) is 84.2 Å². The zero-order chi connectivity index (χ0) is 13.7. The molecule has 18 heavy (non-hydrogen) atoms. The second-order valence-electron chi connectivity index (χ2n) is 4.34. The molecule has 100 valence electrons. The Morgan fingerprint density at radius 1 is 1.28 bits per heavy atom. The molecule has 6 nitrogen and oxygen atoms in total. The summed E-state index contributed by atoms with van der Waals surface area (Å²) < 4.78 is 5.31. The quantitative estimate of drug-likeness (QED) is 0.766. The van der Waals surface area contributed by atoms with Gasteiger partial charge in [0.05, 0.1) is 5.69 Å². The average Bonchev–Trinajstić information content (AvgIpc) is 2.66. The highest BCUT2D eigenvalue weighted by atomic mass is 16.4. The number of rotatable bonds is 5. The van der Waals surface area contributed by atoms with Gasteiger partial charge in [0, 0.05) is 26.9 Å². The van der Waals surface area contributed by atoms with E-state index in [9.17, 15) is 9.59 Å². The summed E-state index contributed by atoms with van der Waals surface area (Å²) in [5, 5.41) is 5.27. The first-order chi connectivity index (χ1) is 8.41. The molecule has 0 radical (unpaired) electrons. The highest BCUT2D eigenvalue weighted by molar-refractivity contribution is 5.92. The minimum absolute atomic E-state index is 0.123. The number of nitrogens with one attached hydrogen (secondary N) is 2. The van der Waals surface area contributed by atoms with E-state index in [1.807, 2.05) is 13.8 Å². The van der Waals surface area contributed by atoms with Crippen molar-refractivity contribution in [3.8, 4) is 0 Å². The molecule has 1 aromatic heterocycles. The third kappa shape index (κ3) is 3.87. The SMILES string of the molecule is CC(=O)NCCNC(=O)c1oc(C)nc1C(C)C. The molecule has 0 aromatic carbocycles. The van der Waals surface area contributed by atoms with Gasteiger partial charge in [0.15, 0.2) is 5.89 Å². The van der Waals surface area contributed by atoms with E-state index < -0.39 is 0 Å². The first-order valence-electron chi connectivity index (χ1n) is 5.91. The summed E-state index contributed by atoms with van der Waals surface area (Å²) in [7, 11) is 0. The molecule has 2 amide bonds. The Hall–Kier alpha value is -1.85. The molecule has 0 spiro atoms. The van der Waals surface area contributed by atoms with Gasteiger partial charge in [-0.25, -0.2) is 4.98 Å². The monoisotopic (exact) mass is 253 g/mol. The molecule has 2 N–H and O–H groups in total. The van der Waals surface area contributed by atoms with Gasteiger partial charge in [-0.15, -0.1) is 0 Å². The fourth-order valence-corrected chi connectivity index (χ4v) is 1.49. The van der Waals surface area contributed by atoms with Gasteiger partial charge < -0.3 is 15.1 Å². The molecule has 0 fully saturated rings. The average molecular weight is 253 g/mol. The van der Waals surface area contributed by atoms with E-state index in [0.717, 1.165) is 0 Å². The van der Waals surface area contributed by atoms with Crippen molar-refractivity contribution in [2.45, 2.75) is 33.6 Å². The lowest BCUT2D eigenvalue weighted by Crippen LogP contribution is -2.33. The minimum Gasteiger partial charge on any atom is -0.436 e. The molecule has 1 rings (SSSR count). The van der Waals surface area contributed by atoms with Gasteiger partial charge in [-0.1, -0.05) is 13.8 Å². The third-order valence-electron chi connectivity index (χ3n) is 2.30. The van der Waals surface area contributed by atoms with Gasteiger partial charge in [-0.2, -0.15) is 0 Å². The summed E-state index contributed by atoms with van der Waals surface area (Å²) in [6.45, 7) is 7.79. The molecule has 1 aromatic rings. The Morgan fingerprint density at radius 3 is 2.44 bits per heavy atom. The standard InChI is InChI=1S/C12H19N3O3/c1-7(2)10-11(18-9(4)15-10)12(17)14-6-5-13-8(3)16/h7H,5-6H2,1-4H3,(H,13,16)(H,14,17). The maximum absolute atomic E-state index is 11.9. The number of amides is 2. The van der Waals surface area contributed by atoms with Gasteiger partial charge in [0.2, 0.25) is 11.7 Å². The largest absolute Gasteiger partial charge is 0.436 e. The van der Waals surface area contributed by atoms with Crippen LogP contribution in [0.3, 0.4) is 0 Å². The van der Waals surface area contributed by atoms with Crippen molar-refractivity contribution in [2.24, 2.45) is 0 Å². The minimum atomic E-state index is -0.301. The molecular formula is C12H19N3O3. The van der Waals surface area contributed by atoms with Gasteiger partial charge in [-0.3, -0.25) is 9.59 Å². The van der Waals surface area contributed by atoms with Crippen LogP contribution < -0.4 is 10.6 Å². The van der Waals surface area contributed by atoms with E-state index >= 15 is 0 Å². The summed E-state index contributed by atoms with van der Waals surface area (Å²) in [6, 6.07) is 0. The summed E-state index contributed by atoms with van der Waals surface area (Å²) in [5.74, 6) is 0.432. The summed E-state index contributed by atoms with van der Waals surface area (Å²) >= 11 is 0.